The highest BCUT2D eigenvalue weighted by Gasteiger charge is 2.11. The standard InChI is InChI=1S/C6H11NO2S/c1-2-3-7-5(4-10)6(8)9/h2-3,5,7,10H,4H2,1H3,(H,8,9)/b3-2+. The molecule has 0 bridgehead atoms. The zero-order chi connectivity index (χ0) is 7.98. The Morgan fingerprint density at radius 2 is 2.50 bits per heavy atom. The van der Waals surface area contributed by atoms with Crippen molar-refractivity contribution < 1.29 is 9.90 Å². The van der Waals surface area contributed by atoms with Crippen LogP contribution in [0, 0.1) is 0 Å². The van der Waals surface area contributed by atoms with Gasteiger partial charge in [0.15, 0.2) is 0 Å². The van der Waals surface area contributed by atoms with Gasteiger partial charge in [-0.1, -0.05) is 6.08 Å². The Labute approximate surface area is 65.5 Å². The third kappa shape index (κ3) is 3.40. The lowest BCUT2D eigenvalue weighted by molar-refractivity contribution is -0.138. The summed E-state index contributed by atoms with van der Waals surface area (Å²) < 4.78 is 0. The molecule has 0 amide bonds. The predicted molar refractivity (Wildman–Crippen MR) is 43.2 cm³/mol. The van der Waals surface area contributed by atoms with E-state index in [1.807, 2.05) is 6.92 Å². The molecule has 0 aromatic rings. The van der Waals surface area contributed by atoms with Gasteiger partial charge in [-0.15, -0.1) is 0 Å². The molecular formula is C6H11NO2S. The second-order valence-electron chi connectivity index (χ2n) is 1.74. The van der Waals surface area contributed by atoms with Gasteiger partial charge in [-0.2, -0.15) is 12.6 Å². The van der Waals surface area contributed by atoms with Crippen molar-refractivity contribution in [2.75, 3.05) is 5.75 Å². The van der Waals surface area contributed by atoms with Gasteiger partial charge in [0.2, 0.25) is 0 Å². The van der Waals surface area contributed by atoms with Crippen LogP contribution >= 0.6 is 12.6 Å². The van der Waals surface area contributed by atoms with E-state index in [9.17, 15) is 4.79 Å². The van der Waals surface area contributed by atoms with E-state index in [4.69, 9.17) is 5.11 Å². The number of carbonyl (C=O) groups is 1. The molecule has 0 aromatic heterocycles. The molecule has 0 radical (unpaired) electrons. The Morgan fingerprint density at radius 1 is 1.90 bits per heavy atom. The molecule has 2 N–H and O–H groups in total. The number of carboxylic acid groups (broad SMARTS) is 1. The summed E-state index contributed by atoms with van der Waals surface area (Å²) in [6, 6.07) is -0.584. The molecule has 0 saturated heterocycles. The molecular weight excluding hydrogens is 150 g/mol. The smallest absolute Gasteiger partial charge is 0.326 e. The average Bonchev–Trinajstić information content (AvgIpc) is 1.89. The molecule has 1 atom stereocenters. The van der Waals surface area contributed by atoms with E-state index in [-0.39, 0.29) is 0 Å². The van der Waals surface area contributed by atoms with Gasteiger partial charge in [-0.25, -0.2) is 4.79 Å². The zero-order valence-corrected chi connectivity index (χ0v) is 6.64. The van der Waals surface area contributed by atoms with E-state index in [0.717, 1.165) is 0 Å². The molecule has 0 heterocycles. The van der Waals surface area contributed by atoms with Crippen molar-refractivity contribution in [1.82, 2.24) is 5.32 Å². The maximum atomic E-state index is 10.3. The molecule has 0 aliphatic carbocycles. The van der Waals surface area contributed by atoms with Gasteiger partial charge >= 0.3 is 5.97 Å². The molecule has 0 aromatic carbocycles. The first-order chi connectivity index (χ1) is 4.72. The van der Waals surface area contributed by atoms with Crippen molar-refractivity contribution in [2.24, 2.45) is 0 Å². The zero-order valence-electron chi connectivity index (χ0n) is 5.74. The highest BCUT2D eigenvalue weighted by Crippen LogP contribution is 1.87. The Hall–Kier alpha value is -0.640. The number of allylic oxidation sites excluding steroid dienone is 1. The first kappa shape index (κ1) is 9.36. The maximum Gasteiger partial charge on any atom is 0.326 e. The summed E-state index contributed by atoms with van der Waals surface area (Å²) in [5, 5.41) is 11.1. The highest BCUT2D eigenvalue weighted by molar-refractivity contribution is 7.80. The molecule has 3 nitrogen and oxygen atoms in total. The minimum absolute atomic E-state index is 0.291. The lowest BCUT2D eigenvalue weighted by Crippen LogP contribution is -2.34. The second kappa shape index (κ2) is 5.17. The summed E-state index contributed by atoms with van der Waals surface area (Å²) >= 11 is 3.85. The van der Waals surface area contributed by atoms with Crippen LogP contribution in [0.2, 0.25) is 0 Å². The van der Waals surface area contributed by atoms with Crippen molar-refractivity contribution in [2.45, 2.75) is 13.0 Å². The molecule has 0 rings (SSSR count). The van der Waals surface area contributed by atoms with Crippen LogP contribution in [0.25, 0.3) is 0 Å². The van der Waals surface area contributed by atoms with Gasteiger partial charge in [0.25, 0.3) is 0 Å². The first-order valence-electron chi connectivity index (χ1n) is 2.93. The fourth-order valence-corrected chi connectivity index (χ4v) is 0.676. The molecule has 4 heteroatoms. The lowest BCUT2D eigenvalue weighted by atomic mass is 10.3. The van der Waals surface area contributed by atoms with Crippen LogP contribution in [0.4, 0.5) is 0 Å². The molecule has 0 fully saturated rings. The molecule has 0 spiro atoms. The SMILES string of the molecule is C/C=C/NC(CS)C(=O)O. The van der Waals surface area contributed by atoms with Gasteiger partial charge in [0.05, 0.1) is 0 Å². The normalized spacial score (nSPS) is 13.4. The van der Waals surface area contributed by atoms with Crippen molar-refractivity contribution in [3.05, 3.63) is 12.3 Å². The van der Waals surface area contributed by atoms with Gasteiger partial charge in [0.1, 0.15) is 6.04 Å². The lowest BCUT2D eigenvalue weighted by Gasteiger charge is -2.07. The molecule has 0 saturated carbocycles. The summed E-state index contributed by atoms with van der Waals surface area (Å²) in [6.45, 7) is 1.81. The minimum Gasteiger partial charge on any atom is -0.480 e. The van der Waals surface area contributed by atoms with Crippen LogP contribution in [0.1, 0.15) is 6.92 Å². The van der Waals surface area contributed by atoms with E-state index in [0.29, 0.717) is 5.75 Å². The second-order valence-corrected chi connectivity index (χ2v) is 2.11. The van der Waals surface area contributed by atoms with Gasteiger partial charge < -0.3 is 10.4 Å². The number of rotatable bonds is 4. The summed E-state index contributed by atoms with van der Waals surface area (Å²) in [5.41, 5.74) is 0. The topological polar surface area (TPSA) is 49.3 Å². The van der Waals surface area contributed by atoms with Crippen LogP contribution in [0.15, 0.2) is 12.3 Å². The molecule has 0 aliphatic heterocycles. The predicted octanol–water partition coefficient (Wildman–Crippen LogP) is 0.493. The van der Waals surface area contributed by atoms with Crippen LogP contribution in [-0.2, 0) is 4.79 Å². The quantitative estimate of drug-likeness (QED) is 0.526. The fraction of sp³-hybridized carbons (Fsp3) is 0.500. The van der Waals surface area contributed by atoms with E-state index in [2.05, 4.69) is 17.9 Å². The van der Waals surface area contributed by atoms with E-state index in [1.165, 1.54) is 0 Å². The van der Waals surface area contributed by atoms with Gasteiger partial charge in [-0.3, -0.25) is 0 Å². The molecule has 10 heavy (non-hydrogen) atoms. The monoisotopic (exact) mass is 161 g/mol. The van der Waals surface area contributed by atoms with Crippen molar-refractivity contribution in [3.8, 4) is 0 Å². The number of thiol groups is 1. The first-order valence-corrected chi connectivity index (χ1v) is 3.56. The maximum absolute atomic E-state index is 10.3. The number of nitrogens with one attached hydrogen (secondary N) is 1. The summed E-state index contributed by atoms with van der Waals surface area (Å²) in [6.07, 6.45) is 3.33. The van der Waals surface area contributed by atoms with Crippen molar-refractivity contribution in [1.29, 1.82) is 0 Å². The summed E-state index contributed by atoms with van der Waals surface area (Å²) in [5.74, 6) is -0.590. The van der Waals surface area contributed by atoms with Crippen LogP contribution < -0.4 is 5.32 Å². The average molecular weight is 161 g/mol. The number of aliphatic carboxylic acids is 1. The Bertz CT molecular complexity index is 136. The van der Waals surface area contributed by atoms with Crippen LogP contribution in [0.3, 0.4) is 0 Å². The number of hydrogen-bond donors (Lipinski definition) is 3. The molecule has 0 aliphatic rings. The highest BCUT2D eigenvalue weighted by atomic mass is 32.1. The Morgan fingerprint density at radius 3 is 2.80 bits per heavy atom. The largest absolute Gasteiger partial charge is 0.480 e. The number of carboxylic acids is 1. The minimum atomic E-state index is -0.881. The van der Waals surface area contributed by atoms with Crippen LogP contribution in [-0.4, -0.2) is 22.9 Å². The van der Waals surface area contributed by atoms with Gasteiger partial charge in [0, 0.05) is 5.75 Å². The molecule has 1 unspecified atom stereocenters. The van der Waals surface area contributed by atoms with Crippen molar-refractivity contribution in [3.63, 3.8) is 0 Å². The molecule has 58 valence electrons. The summed E-state index contributed by atoms with van der Waals surface area (Å²) in [4.78, 5) is 10.3. The number of hydrogen-bond acceptors (Lipinski definition) is 3. The van der Waals surface area contributed by atoms with Crippen LogP contribution in [0.5, 0.6) is 0 Å². The third-order valence-electron chi connectivity index (χ3n) is 0.945. The van der Waals surface area contributed by atoms with Gasteiger partial charge in [-0.05, 0) is 13.1 Å². The fourth-order valence-electron chi connectivity index (χ4n) is 0.414. The summed E-state index contributed by atoms with van der Waals surface area (Å²) in [7, 11) is 0. The van der Waals surface area contributed by atoms with Crippen molar-refractivity contribution >= 4 is 18.6 Å². The van der Waals surface area contributed by atoms with E-state index < -0.39 is 12.0 Å². The third-order valence-corrected chi connectivity index (χ3v) is 1.31. The van der Waals surface area contributed by atoms with E-state index >= 15 is 0 Å². The Kier molecular flexibility index (Phi) is 4.84. The Balaban J connectivity index is 3.71. The van der Waals surface area contributed by atoms with E-state index in [1.54, 1.807) is 12.3 Å².